The molecule has 0 saturated carbocycles. The van der Waals surface area contributed by atoms with Crippen LogP contribution in [-0.4, -0.2) is 8.41 Å². The predicted molar refractivity (Wildman–Crippen MR) is 5.75 cm³/mol. The van der Waals surface area contributed by atoms with Crippen molar-refractivity contribution >= 4 is 8.41 Å². The van der Waals surface area contributed by atoms with Gasteiger partial charge in [-0.25, -0.2) is 0 Å². The smallest absolute Gasteiger partial charge is 0 e. The first-order valence-electron chi connectivity index (χ1n) is 0. The van der Waals surface area contributed by atoms with Crippen molar-refractivity contribution in [1.82, 2.24) is 0 Å². The van der Waals surface area contributed by atoms with Crippen molar-refractivity contribution in [2.75, 3.05) is 0 Å². The molecule has 0 saturated heterocycles. The van der Waals surface area contributed by atoms with Gasteiger partial charge in [-0.2, -0.15) is 0 Å². The zero-order chi connectivity index (χ0) is 0. The summed E-state index contributed by atoms with van der Waals surface area (Å²) >= 11 is 0. The molecule has 0 heterocycles. The summed E-state index contributed by atoms with van der Waals surface area (Å²) in [5.41, 5.74) is 0. The Morgan fingerprint density at radius 1 is 1.00 bits per heavy atom. The van der Waals surface area contributed by atoms with Gasteiger partial charge in [-0.05, 0) is 0 Å². The van der Waals surface area contributed by atoms with Crippen LogP contribution in [0.15, 0.2) is 0 Å². The van der Waals surface area contributed by atoms with Crippen molar-refractivity contribution in [3.63, 3.8) is 0 Å². The molecule has 0 aromatic heterocycles. The van der Waals surface area contributed by atoms with Crippen LogP contribution in [0, 0.1) is 0 Å². The molecule has 0 aromatic carbocycles. The van der Waals surface area contributed by atoms with E-state index < -0.39 is 0 Å². The van der Waals surface area contributed by atoms with Gasteiger partial charge in [0.25, 0.3) is 0 Å². The first kappa shape index (κ1) is 64.9. The van der Waals surface area contributed by atoms with Crippen molar-refractivity contribution in [3.05, 3.63) is 0 Å². The molecular formula is BCoCrPtReTaY. The Labute approximate surface area is 136 Å². The summed E-state index contributed by atoms with van der Waals surface area (Å²) in [6.07, 6.45) is 0. The molecule has 43 valence electrons. The van der Waals surface area contributed by atoms with Crippen LogP contribution in [0.25, 0.3) is 0 Å². The average molecular weight is 773 g/mol. The van der Waals surface area contributed by atoms with Crippen molar-refractivity contribution < 1.29 is 131 Å². The third-order valence-corrected chi connectivity index (χ3v) is 0. The van der Waals surface area contributed by atoms with E-state index in [-0.39, 0.29) is 139 Å². The Balaban J connectivity index is 0. The molecule has 0 unspecified atom stereocenters. The zero-order valence-corrected chi connectivity index (χ0v) is 16.4. The summed E-state index contributed by atoms with van der Waals surface area (Å²) in [7, 11) is 0. The van der Waals surface area contributed by atoms with Crippen LogP contribution in [0.5, 0.6) is 0 Å². The molecule has 7 radical (unpaired) electrons. The summed E-state index contributed by atoms with van der Waals surface area (Å²) in [6.45, 7) is 0. The molecule has 0 fully saturated rings. The van der Waals surface area contributed by atoms with Gasteiger partial charge in [0.1, 0.15) is 0 Å². The second-order valence-electron chi connectivity index (χ2n) is 0. The fourth-order valence-corrected chi connectivity index (χ4v) is 0. The number of rotatable bonds is 0. The molecular weight excluding hydrogens is 773 g/mol. The largest absolute Gasteiger partial charge is 0 e. The Morgan fingerprint density at radius 2 is 1.00 bits per heavy atom. The third kappa shape index (κ3) is 38.4. The molecule has 0 aliphatic heterocycles. The van der Waals surface area contributed by atoms with Crippen molar-refractivity contribution in [2.45, 2.75) is 0 Å². The average Bonchev–Trinajstić information content (AvgIpc) is 0. The second kappa shape index (κ2) is 48.2. The number of hydrogen-bond acceptors (Lipinski definition) is 0. The molecule has 7 heavy (non-hydrogen) atoms. The molecule has 0 bridgehead atoms. The van der Waals surface area contributed by atoms with Crippen LogP contribution in [0.4, 0.5) is 0 Å². The first-order valence-corrected chi connectivity index (χ1v) is 0. The van der Waals surface area contributed by atoms with Gasteiger partial charge in [0.2, 0.25) is 0 Å². The van der Waals surface area contributed by atoms with E-state index in [1.54, 1.807) is 0 Å². The maximum Gasteiger partial charge on any atom is 0 e. The third-order valence-electron chi connectivity index (χ3n) is 0. The van der Waals surface area contributed by atoms with E-state index >= 15 is 0 Å². The van der Waals surface area contributed by atoms with Gasteiger partial charge in [0.15, 0.2) is 0 Å². The Bertz CT molecular complexity index is 19.7. The summed E-state index contributed by atoms with van der Waals surface area (Å²) in [6, 6.07) is 0. The summed E-state index contributed by atoms with van der Waals surface area (Å²) < 4.78 is 0. The molecule has 0 aromatic rings. The molecule has 0 spiro atoms. The molecule has 0 N–H and O–H groups in total. The van der Waals surface area contributed by atoms with Gasteiger partial charge in [-0.1, -0.05) is 0 Å². The van der Waals surface area contributed by atoms with E-state index in [2.05, 4.69) is 0 Å². The maximum absolute atomic E-state index is 0. The minimum Gasteiger partial charge on any atom is 0 e. The van der Waals surface area contributed by atoms with E-state index in [0.29, 0.717) is 0 Å². The zero-order valence-electron chi connectivity index (χ0n) is 3.04. The van der Waals surface area contributed by atoms with Gasteiger partial charge < -0.3 is 0 Å². The molecule has 0 aliphatic carbocycles. The normalized spacial score (nSPS) is 0. The maximum atomic E-state index is 0. The summed E-state index contributed by atoms with van der Waals surface area (Å²) in [5.74, 6) is 0. The van der Waals surface area contributed by atoms with E-state index in [1.165, 1.54) is 0 Å². The van der Waals surface area contributed by atoms with Gasteiger partial charge in [-0.15, -0.1) is 0 Å². The minimum atomic E-state index is 0. The van der Waals surface area contributed by atoms with Crippen LogP contribution in [0.2, 0.25) is 0 Å². The van der Waals surface area contributed by atoms with Crippen LogP contribution in [0.3, 0.4) is 0 Å². The van der Waals surface area contributed by atoms with Crippen LogP contribution < -0.4 is 0 Å². The molecule has 0 atom stereocenters. The number of hydrogen-bond donors (Lipinski definition) is 0. The van der Waals surface area contributed by atoms with Crippen molar-refractivity contribution in [2.24, 2.45) is 0 Å². The van der Waals surface area contributed by atoms with Gasteiger partial charge in [-0.3, -0.25) is 0 Å². The van der Waals surface area contributed by atoms with Gasteiger partial charge in [0, 0.05) is 139 Å². The van der Waals surface area contributed by atoms with E-state index in [1.807, 2.05) is 0 Å². The topological polar surface area (TPSA) is 0 Å². The van der Waals surface area contributed by atoms with Gasteiger partial charge >= 0.3 is 0 Å². The Hall–Kier alpha value is 4.30. The van der Waals surface area contributed by atoms with Gasteiger partial charge in [0.05, 0.1) is 0 Å². The fourth-order valence-electron chi connectivity index (χ4n) is 0. The molecule has 0 nitrogen and oxygen atoms in total. The fraction of sp³-hybridized carbons (Fsp3) is 0. The monoisotopic (exact) mass is 774 g/mol. The molecule has 7 heteroatoms. The Morgan fingerprint density at radius 3 is 1.00 bits per heavy atom. The second-order valence-corrected chi connectivity index (χ2v) is 0. The quantitative estimate of drug-likeness (QED) is 0.295. The predicted octanol–water partition coefficient (Wildman–Crippen LogP) is -0.396. The molecule has 0 rings (SSSR count). The van der Waals surface area contributed by atoms with Crippen molar-refractivity contribution in [3.8, 4) is 0 Å². The Kier molecular flexibility index (Phi) is 446. The first-order chi connectivity index (χ1) is 0. The standard InChI is InChI=1S/B.Co.Cr.Pt.Re.Ta.Y. The van der Waals surface area contributed by atoms with Crippen molar-refractivity contribution in [1.29, 1.82) is 0 Å². The van der Waals surface area contributed by atoms with E-state index in [9.17, 15) is 0 Å². The van der Waals surface area contributed by atoms with Crippen LogP contribution in [-0.2, 0) is 131 Å². The van der Waals surface area contributed by atoms with E-state index in [4.69, 9.17) is 0 Å². The minimum absolute atomic E-state index is 0. The van der Waals surface area contributed by atoms with Crippen LogP contribution in [0.1, 0.15) is 0 Å². The summed E-state index contributed by atoms with van der Waals surface area (Å²) in [4.78, 5) is 0. The van der Waals surface area contributed by atoms with E-state index in [0.717, 1.165) is 0 Å². The summed E-state index contributed by atoms with van der Waals surface area (Å²) in [5, 5.41) is 0. The molecule has 0 aliphatic rings. The van der Waals surface area contributed by atoms with Crippen LogP contribution >= 0.6 is 0 Å². The molecule has 0 amide bonds. The SMILES string of the molecule is [B].[Co].[Cr].[Pt].[Re].[Ta].[Y].